The Labute approximate surface area is 142 Å². The first-order chi connectivity index (χ1) is 11.8. The van der Waals surface area contributed by atoms with Crippen molar-refractivity contribution in [2.45, 2.75) is 20.0 Å². The van der Waals surface area contributed by atoms with Gasteiger partial charge in [0.25, 0.3) is 0 Å². The second-order valence-electron chi connectivity index (χ2n) is 6.34. The van der Waals surface area contributed by atoms with Gasteiger partial charge in [-0.15, -0.1) is 0 Å². The molecule has 1 fully saturated rings. The Balaban J connectivity index is 1.30. The van der Waals surface area contributed by atoms with Gasteiger partial charge < -0.3 is 9.47 Å². The van der Waals surface area contributed by atoms with Crippen molar-refractivity contribution in [3.8, 4) is 11.5 Å². The molecule has 0 radical (unpaired) electrons. The molecule has 6 nitrogen and oxygen atoms in total. The van der Waals surface area contributed by atoms with E-state index < -0.39 is 0 Å². The van der Waals surface area contributed by atoms with E-state index in [1.165, 1.54) is 5.56 Å². The van der Waals surface area contributed by atoms with E-state index >= 15 is 0 Å². The van der Waals surface area contributed by atoms with E-state index in [4.69, 9.17) is 9.47 Å². The first kappa shape index (κ1) is 15.4. The highest BCUT2D eigenvalue weighted by molar-refractivity contribution is 5.44. The molecule has 1 aromatic carbocycles. The summed E-state index contributed by atoms with van der Waals surface area (Å²) < 4.78 is 10.8. The van der Waals surface area contributed by atoms with Gasteiger partial charge in [-0.1, -0.05) is 6.07 Å². The van der Waals surface area contributed by atoms with Gasteiger partial charge in [-0.25, -0.2) is 9.97 Å². The van der Waals surface area contributed by atoms with Crippen LogP contribution in [0.2, 0.25) is 0 Å². The van der Waals surface area contributed by atoms with Gasteiger partial charge in [0, 0.05) is 45.5 Å². The number of ether oxygens (including phenoxy) is 2. The number of piperazine rings is 1. The lowest BCUT2D eigenvalue weighted by Crippen LogP contribution is -2.45. The van der Waals surface area contributed by atoms with Crippen molar-refractivity contribution in [2.24, 2.45) is 0 Å². The molecule has 24 heavy (non-hydrogen) atoms. The van der Waals surface area contributed by atoms with Crippen molar-refractivity contribution in [3.63, 3.8) is 0 Å². The van der Waals surface area contributed by atoms with Crippen LogP contribution in [0.1, 0.15) is 17.1 Å². The largest absolute Gasteiger partial charge is 0.454 e. The van der Waals surface area contributed by atoms with Gasteiger partial charge in [0.2, 0.25) is 6.79 Å². The Morgan fingerprint density at radius 3 is 2.50 bits per heavy atom. The summed E-state index contributed by atoms with van der Waals surface area (Å²) in [5.41, 5.74) is 2.38. The normalized spacial score (nSPS) is 18.0. The Hall–Kier alpha value is -2.18. The molecule has 2 aliphatic heterocycles. The van der Waals surface area contributed by atoms with E-state index in [0.29, 0.717) is 6.79 Å². The molecule has 3 heterocycles. The first-order valence-electron chi connectivity index (χ1n) is 8.38. The van der Waals surface area contributed by atoms with E-state index in [-0.39, 0.29) is 0 Å². The summed E-state index contributed by atoms with van der Waals surface area (Å²) in [5.74, 6) is 2.56. The first-order valence-corrected chi connectivity index (χ1v) is 8.38. The molecule has 4 rings (SSSR count). The van der Waals surface area contributed by atoms with Crippen LogP contribution in [0.5, 0.6) is 11.5 Å². The summed E-state index contributed by atoms with van der Waals surface area (Å²) >= 11 is 0. The van der Waals surface area contributed by atoms with Crippen molar-refractivity contribution in [2.75, 3.05) is 33.0 Å². The summed E-state index contributed by atoms with van der Waals surface area (Å²) in [4.78, 5) is 13.6. The second kappa shape index (κ2) is 6.75. The fourth-order valence-corrected chi connectivity index (χ4v) is 3.23. The van der Waals surface area contributed by atoms with E-state index in [0.717, 1.165) is 62.3 Å². The Bertz CT molecular complexity index is 714. The molecule has 0 bridgehead atoms. The number of rotatable bonds is 4. The zero-order valence-corrected chi connectivity index (χ0v) is 13.9. The molecular formula is C18H22N4O2. The number of hydrogen-bond acceptors (Lipinski definition) is 6. The molecule has 0 aliphatic carbocycles. The molecule has 0 amide bonds. The third-order valence-corrected chi connectivity index (χ3v) is 4.53. The summed E-state index contributed by atoms with van der Waals surface area (Å²) in [5, 5.41) is 0. The molecule has 126 valence electrons. The van der Waals surface area contributed by atoms with E-state index in [1.807, 2.05) is 25.3 Å². The molecule has 2 aromatic rings. The van der Waals surface area contributed by atoms with Crippen molar-refractivity contribution in [1.82, 2.24) is 19.8 Å². The van der Waals surface area contributed by atoms with Gasteiger partial charge in [0.05, 0.1) is 5.69 Å². The third-order valence-electron chi connectivity index (χ3n) is 4.53. The van der Waals surface area contributed by atoms with Gasteiger partial charge in [-0.05, 0) is 30.7 Å². The van der Waals surface area contributed by atoms with E-state index in [1.54, 1.807) is 0 Å². The maximum atomic E-state index is 5.46. The Kier molecular flexibility index (Phi) is 4.32. The fourth-order valence-electron chi connectivity index (χ4n) is 3.23. The number of hydrogen-bond donors (Lipinski definition) is 0. The molecule has 0 spiro atoms. The van der Waals surface area contributed by atoms with Crippen LogP contribution in [0, 0.1) is 6.92 Å². The molecule has 0 saturated carbocycles. The summed E-state index contributed by atoms with van der Waals surface area (Å²) in [6.45, 7) is 8.39. The predicted molar refractivity (Wildman–Crippen MR) is 89.9 cm³/mol. The minimum Gasteiger partial charge on any atom is -0.454 e. The second-order valence-corrected chi connectivity index (χ2v) is 6.34. The smallest absolute Gasteiger partial charge is 0.231 e. The molecule has 2 aliphatic rings. The van der Waals surface area contributed by atoms with Crippen LogP contribution >= 0.6 is 0 Å². The highest BCUT2D eigenvalue weighted by Crippen LogP contribution is 2.32. The van der Waals surface area contributed by atoms with Crippen molar-refractivity contribution in [1.29, 1.82) is 0 Å². The summed E-state index contributed by atoms with van der Waals surface area (Å²) in [6.07, 6.45) is 1.84. The Morgan fingerprint density at radius 2 is 1.71 bits per heavy atom. The summed E-state index contributed by atoms with van der Waals surface area (Å²) in [7, 11) is 0. The van der Waals surface area contributed by atoms with Crippen LogP contribution in [0.3, 0.4) is 0 Å². The van der Waals surface area contributed by atoms with Crippen LogP contribution in [-0.2, 0) is 13.1 Å². The molecule has 1 saturated heterocycles. The number of fused-ring (bicyclic) bond motifs is 1. The average Bonchev–Trinajstić information content (AvgIpc) is 3.04. The van der Waals surface area contributed by atoms with Gasteiger partial charge in [0.1, 0.15) is 5.82 Å². The van der Waals surface area contributed by atoms with Gasteiger partial charge >= 0.3 is 0 Å². The van der Waals surface area contributed by atoms with Gasteiger partial charge in [-0.3, -0.25) is 9.80 Å². The zero-order chi connectivity index (χ0) is 16.4. The molecule has 0 N–H and O–H groups in total. The monoisotopic (exact) mass is 326 g/mol. The number of aryl methyl sites for hydroxylation is 1. The minimum atomic E-state index is 0.333. The zero-order valence-electron chi connectivity index (χ0n) is 13.9. The quantitative estimate of drug-likeness (QED) is 0.854. The maximum absolute atomic E-state index is 5.46. The van der Waals surface area contributed by atoms with Crippen LogP contribution in [0.4, 0.5) is 0 Å². The van der Waals surface area contributed by atoms with Crippen LogP contribution in [0.25, 0.3) is 0 Å². The highest BCUT2D eigenvalue weighted by Gasteiger charge is 2.19. The standard InChI is InChI=1S/C18H22N4O2/c1-14-19-5-4-16(20-14)12-22-8-6-21(7-9-22)11-15-2-3-17-18(10-15)24-13-23-17/h2-5,10H,6-9,11-13H2,1H3. The number of aromatic nitrogens is 2. The van der Waals surface area contributed by atoms with Crippen LogP contribution in [-0.4, -0.2) is 52.7 Å². The molecule has 6 heteroatoms. The highest BCUT2D eigenvalue weighted by atomic mass is 16.7. The summed E-state index contributed by atoms with van der Waals surface area (Å²) in [6, 6.07) is 8.24. The van der Waals surface area contributed by atoms with Gasteiger partial charge in [0.15, 0.2) is 11.5 Å². The van der Waals surface area contributed by atoms with E-state index in [9.17, 15) is 0 Å². The fraction of sp³-hybridized carbons (Fsp3) is 0.444. The SMILES string of the molecule is Cc1nccc(CN2CCN(Cc3ccc4c(c3)OCO4)CC2)n1. The Morgan fingerprint density at radius 1 is 0.958 bits per heavy atom. The molecule has 0 unspecified atom stereocenters. The third kappa shape index (κ3) is 3.49. The molecule has 0 atom stereocenters. The lowest BCUT2D eigenvalue weighted by Gasteiger charge is -2.34. The minimum absolute atomic E-state index is 0.333. The van der Waals surface area contributed by atoms with E-state index in [2.05, 4.69) is 31.9 Å². The van der Waals surface area contributed by atoms with Gasteiger partial charge in [-0.2, -0.15) is 0 Å². The average molecular weight is 326 g/mol. The number of nitrogens with zero attached hydrogens (tertiary/aromatic N) is 4. The van der Waals surface area contributed by atoms with Crippen molar-refractivity contribution < 1.29 is 9.47 Å². The number of benzene rings is 1. The lowest BCUT2D eigenvalue weighted by atomic mass is 10.1. The van der Waals surface area contributed by atoms with Crippen LogP contribution < -0.4 is 9.47 Å². The van der Waals surface area contributed by atoms with Crippen molar-refractivity contribution >= 4 is 0 Å². The lowest BCUT2D eigenvalue weighted by molar-refractivity contribution is 0.121. The molecule has 1 aromatic heterocycles. The maximum Gasteiger partial charge on any atom is 0.231 e. The topological polar surface area (TPSA) is 50.7 Å². The van der Waals surface area contributed by atoms with Crippen molar-refractivity contribution in [3.05, 3.63) is 47.5 Å². The van der Waals surface area contributed by atoms with Crippen LogP contribution in [0.15, 0.2) is 30.5 Å². The molecular weight excluding hydrogens is 304 g/mol. The predicted octanol–water partition coefficient (Wildman–Crippen LogP) is 1.83.